The van der Waals surface area contributed by atoms with E-state index in [4.69, 9.17) is 0 Å². The minimum absolute atomic E-state index is 0.0933. The van der Waals surface area contributed by atoms with Gasteiger partial charge in [0.2, 0.25) is 21.9 Å². The summed E-state index contributed by atoms with van der Waals surface area (Å²) in [7, 11) is -3.69. The Morgan fingerprint density at radius 2 is 1.95 bits per heavy atom. The number of halogens is 3. The summed E-state index contributed by atoms with van der Waals surface area (Å²) in [6.07, 6.45) is 0.892. The van der Waals surface area contributed by atoms with E-state index in [9.17, 15) is 26.4 Å². The fraction of sp³-hybridized carbons (Fsp3) is 0.320. The molecule has 13 heteroatoms. The topological polar surface area (TPSA) is 108 Å². The molecule has 2 heterocycles. The van der Waals surface area contributed by atoms with Gasteiger partial charge < -0.3 is 10.6 Å². The minimum Gasteiger partial charge on any atom is -0.325 e. The first-order valence-electron chi connectivity index (χ1n) is 11.9. The van der Waals surface area contributed by atoms with Crippen molar-refractivity contribution in [3.05, 3.63) is 65.1 Å². The Hall–Kier alpha value is -3.87. The van der Waals surface area contributed by atoms with Gasteiger partial charge in [0, 0.05) is 23.5 Å². The predicted molar refractivity (Wildman–Crippen MR) is 140 cm³/mol. The molecule has 0 spiro atoms. The number of alkyl halides is 2. The SMILES string of the molecule is CCN(c1cc(C)ccc1CN(c1nc(Nc2cccc3c2CC(=O)N3)ncc1F)C(F)F)S(=O)(=O)CC. The van der Waals surface area contributed by atoms with Gasteiger partial charge >= 0.3 is 6.55 Å². The summed E-state index contributed by atoms with van der Waals surface area (Å²) in [5.41, 5.74) is 2.97. The maximum absolute atomic E-state index is 14.8. The third kappa shape index (κ3) is 5.52. The molecule has 1 aliphatic rings. The number of carbonyl (C=O) groups excluding carboxylic acids is 1. The van der Waals surface area contributed by atoms with Gasteiger partial charge in [-0.1, -0.05) is 18.2 Å². The Kier molecular flexibility index (Phi) is 7.76. The van der Waals surface area contributed by atoms with Gasteiger partial charge in [0.05, 0.1) is 30.6 Å². The molecule has 0 bridgehead atoms. The number of benzene rings is 2. The number of sulfonamides is 1. The van der Waals surface area contributed by atoms with Crippen molar-refractivity contribution in [3.8, 4) is 0 Å². The van der Waals surface area contributed by atoms with Crippen LogP contribution < -0.4 is 19.8 Å². The highest BCUT2D eigenvalue weighted by Crippen LogP contribution is 2.33. The van der Waals surface area contributed by atoms with Gasteiger partial charge in [-0.05, 0) is 50.1 Å². The quantitative estimate of drug-likeness (QED) is 0.358. The number of fused-ring (bicyclic) bond motifs is 1. The Labute approximate surface area is 218 Å². The summed E-state index contributed by atoms with van der Waals surface area (Å²) in [4.78, 5) is 20.1. The lowest BCUT2D eigenvalue weighted by atomic mass is 10.1. The van der Waals surface area contributed by atoms with Crippen molar-refractivity contribution < 1.29 is 26.4 Å². The van der Waals surface area contributed by atoms with E-state index in [0.717, 1.165) is 16.1 Å². The molecular weight excluding hydrogens is 521 g/mol. The summed E-state index contributed by atoms with van der Waals surface area (Å²) >= 11 is 0. The predicted octanol–water partition coefficient (Wildman–Crippen LogP) is 4.57. The van der Waals surface area contributed by atoms with Gasteiger partial charge in [-0.25, -0.2) is 17.8 Å². The largest absolute Gasteiger partial charge is 0.325 e. The summed E-state index contributed by atoms with van der Waals surface area (Å²) in [5, 5.41) is 5.59. The molecule has 0 radical (unpaired) electrons. The molecular formula is C25H27F3N6O3S. The fourth-order valence-electron chi connectivity index (χ4n) is 4.24. The number of amides is 1. The first-order valence-corrected chi connectivity index (χ1v) is 13.5. The zero-order valence-corrected chi connectivity index (χ0v) is 21.8. The van der Waals surface area contributed by atoms with E-state index in [2.05, 4.69) is 20.6 Å². The number of rotatable bonds is 10. The van der Waals surface area contributed by atoms with Crippen LogP contribution in [-0.2, 0) is 27.8 Å². The number of aromatic nitrogens is 2. The Morgan fingerprint density at radius 3 is 2.63 bits per heavy atom. The van der Waals surface area contributed by atoms with Crippen LogP contribution >= 0.6 is 0 Å². The lowest BCUT2D eigenvalue weighted by Gasteiger charge is -2.29. The summed E-state index contributed by atoms with van der Waals surface area (Å²) in [5.74, 6) is -2.25. The first-order chi connectivity index (χ1) is 18.0. The monoisotopic (exact) mass is 548 g/mol. The zero-order chi connectivity index (χ0) is 27.6. The van der Waals surface area contributed by atoms with Gasteiger partial charge in [0.1, 0.15) is 0 Å². The maximum Gasteiger partial charge on any atom is 0.316 e. The van der Waals surface area contributed by atoms with Crippen molar-refractivity contribution in [1.29, 1.82) is 0 Å². The van der Waals surface area contributed by atoms with Crippen molar-refractivity contribution in [1.82, 2.24) is 9.97 Å². The molecule has 1 amide bonds. The molecule has 3 aromatic rings. The molecule has 9 nitrogen and oxygen atoms in total. The van der Waals surface area contributed by atoms with Gasteiger partial charge in [0.25, 0.3) is 0 Å². The van der Waals surface area contributed by atoms with E-state index in [1.54, 1.807) is 50.2 Å². The van der Waals surface area contributed by atoms with Crippen LogP contribution in [0.15, 0.2) is 42.6 Å². The smallest absolute Gasteiger partial charge is 0.316 e. The van der Waals surface area contributed by atoms with Crippen molar-refractivity contribution in [2.24, 2.45) is 0 Å². The molecule has 2 N–H and O–H groups in total. The molecule has 38 heavy (non-hydrogen) atoms. The molecule has 0 fully saturated rings. The normalized spacial score (nSPS) is 12.9. The molecule has 0 saturated heterocycles. The number of carbonyl (C=O) groups is 1. The molecule has 2 aromatic carbocycles. The maximum atomic E-state index is 14.8. The van der Waals surface area contributed by atoms with Crippen molar-refractivity contribution >= 4 is 44.8 Å². The first kappa shape index (κ1) is 27.2. The van der Waals surface area contributed by atoms with Crippen LogP contribution in [0.2, 0.25) is 0 Å². The highest BCUT2D eigenvalue weighted by molar-refractivity contribution is 7.92. The van der Waals surface area contributed by atoms with Gasteiger partial charge in [-0.3, -0.25) is 14.0 Å². The van der Waals surface area contributed by atoms with Crippen LogP contribution in [-0.4, -0.2) is 43.1 Å². The van der Waals surface area contributed by atoms with Crippen molar-refractivity contribution in [3.63, 3.8) is 0 Å². The van der Waals surface area contributed by atoms with Crippen LogP contribution in [0.25, 0.3) is 0 Å². The third-order valence-electron chi connectivity index (χ3n) is 6.11. The van der Waals surface area contributed by atoms with Gasteiger partial charge in [0.15, 0.2) is 11.6 Å². The van der Waals surface area contributed by atoms with Crippen LogP contribution in [0.3, 0.4) is 0 Å². The van der Waals surface area contributed by atoms with E-state index in [-0.39, 0.29) is 41.8 Å². The highest BCUT2D eigenvalue weighted by Gasteiger charge is 2.28. The number of nitrogens with zero attached hydrogens (tertiary/aromatic N) is 4. The van der Waals surface area contributed by atoms with Crippen LogP contribution in [0.5, 0.6) is 0 Å². The fourth-order valence-corrected chi connectivity index (χ4v) is 5.41. The van der Waals surface area contributed by atoms with Crippen LogP contribution in [0.4, 0.5) is 42.0 Å². The summed E-state index contributed by atoms with van der Waals surface area (Å²) in [6, 6.07) is 9.89. The zero-order valence-electron chi connectivity index (χ0n) is 21.0. The van der Waals surface area contributed by atoms with Gasteiger partial charge in [-0.15, -0.1) is 0 Å². The number of aryl methyl sites for hydroxylation is 1. The second kappa shape index (κ2) is 10.9. The molecule has 0 atom stereocenters. The average Bonchev–Trinajstić information content (AvgIpc) is 3.26. The molecule has 1 aliphatic heterocycles. The van der Waals surface area contributed by atoms with Crippen molar-refractivity contribution in [2.75, 3.05) is 32.1 Å². The molecule has 4 rings (SSSR count). The molecule has 0 aliphatic carbocycles. The van der Waals surface area contributed by atoms with E-state index in [1.807, 2.05) is 0 Å². The summed E-state index contributed by atoms with van der Waals surface area (Å²) in [6.45, 7) is 1.32. The molecule has 1 aromatic heterocycles. The number of hydrogen-bond donors (Lipinski definition) is 2. The molecule has 0 saturated carbocycles. The lowest BCUT2D eigenvalue weighted by molar-refractivity contribution is -0.115. The van der Waals surface area contributed by atoms with E-state index >= 15 is 0 Å². The second-order valence-corrected chi connectivity index (χ2v) is 10.8. The van der Waals surface area contributed by atoms with E-state index in [1.165, 1.54) is 6.92 Å². The van der Waals surface area contributed by atoms with E-state index < -0.39 is 34.8 Å². The molecule has 202 valence electrons. The van der Waals surface area contributed by atoms with Crippen molar-refractivity contribution in [2.45, 2.75) is 40.3 Å². The van der Waals surface area contributed by atoms with Crippen LogP contribution in [0.1, 0.15) is 30.5 Å². The van der Waals surface area contributed by atoms with E-state index in [0.29, 0.717) is 21.8 Å². The van der Waals surface area contributed by atoms with Gasteiger partial charge in [-0.2, -0.15) is 13.8 Å². The number of anilines is 5. The number of nitrogens with one attached hydrogen (secondary N) is 2. The summed E-state index contributed by atoms with van der Waals surface area (Å²) < 4.78 is 70.1. The van der Waals surface area contributed by atoms with Crippen LogP contribution in [0, 0.1) is 12.7 Å². The Balaban J connectivity index is 1.70. The molecule has 0 unspecified atom stereocenters. The standard InChI is InChI=1S/C25H27F3N6O3S/c1-4-34(38(36,37)5-2)21-11-15(3)9-10-16(21)14-33(24(27)28)23-18(26)13-29-25(32-23)31-20-8-6-7-19-17(20)12-22(35)30-19/h6-11,13,24H,4-5,12,14H2,1-3H3,(H,30,35)(H,29,31,32). The number of hydrogen-bond acceptors (Lipinski definition) is 7. The third-order valence-corrected chi connectivity index (χ3v) is 7.96. The Morgan fingerprint density at radius 1 is 1.18 bits per heavy atom. The Bertz CT molecular complexity index is 1470. The lowest BCUT2D eigenvalue weighted by Crippen LogP contribution is -2.35. The average molecular weight is 549 g/mol. The highest BCUT2D eigenvalue weighted by atomic mass is 32.2. The second-order valence-electron chi connectivity index (χ2n) is 8.65. The minimum atomic E-state index is -3.69.